The van der Waals surface area contributed by atoms with Crippen molar-refractivity contribution in [3.8, 4) is 0 Å². The first-order valence-corrected chi connectivity index (χ1v) is 10.8. The summed E-state index contributed by atoms with van der Waals surface area (Å²) in [6, 6.07) is 10.8. The predicted molar refractivity (Wildman–Crippen MR) is 103 cm³/mol. The van der Waals surface area contributed by atoms with Gasteiger partial charge < -0.3 is 4.90 Å². The Labute approximate surface area is 158 Å². The lowest BCUT2D eigenvalue weighted by Crippen LogP contribution is -2.48. The van der Waals surface area contributed by atoms with Crippen LogP contribution >= 0.6 is 11.3 Å². The van der Waals surface area contributed by atoms with E-state index in [1.807, 2.05) is 28.5 Å². The van der Waals surface area contributed by atoms with Gasteiger partial charge in [-0.1, -0.05) is 18.2 Å². The lowest BCUT2D eigenvalue weighted by atomic mass is 10.2. The maximum absolute atomic E-state index is 12.4. The molecule has 0 N–H and O–H groups in total. The summed E-state index contributed by atoms with van der Waals surface area (Å²) in [5.74, 6) is 0.0960. The van der Waals surface area contributed by atoms with E-state index in [0.29, 0.717) is 24.5 Å². The van der Waals surface area contributed by atoms with E-state index in [2.05, 4.69) is 4.90 Å². The Morgan fingerprint density at radius 1 is 1.12 bits per heavy atom. The highest BCUT2D eigenvalue weighted by Crippen LogP contribution is 2.18. The minimum Gasteiger partial charge on any atom is -0.335 e. The lowest BCUT2D eigenvalue weighted by Gasteiger charge is -2.34. The summed E-state index contributed by atoms with van der Waals surface area (Å²) >= 11 is 1.47. The highest BCUT2D eigenvalue weighted by molar-refractivity contribution is 7.89. The fourth-order valence-corrected chi connectivity index (χ4v) is 4.60. The molecular weight excluding hydrogens is 370 g/mol. The molecule has 3 rings (SSSR count). The molecule has 1 aliphatic rings. The van der Waals surface area contributed by atoms with E-state index in [-0.39, 0.29) is 5.91 Å². The molecule has 1 aromatic carbocycles. The van der Waals surface area contributed by atoms with Crippen molar-refractivity contribution in [3.05, 3.63) is 52.2 Å². The average molecular weight is 394 g/mol. The molecule has 1 amide bonds. The van der Waals surface area contributed by atoms with Crippen LogP contribution in [0.4, 0.5) is 0 Å². The minimum atomic E-state index is -3.42. The molecule has 1 aliphatic heterocycles. The van der Waals surface area contributed by atoms with Gasteiger partial charge in [-0.25, -0.2) is 12.7 Å². The molecule has 0 aliphatic carbocycles. The average Bonchev–Trinajstić information content (AvgIpc) is 3.16. The van der Waals surface area contributed by atoms with Crippen molar-refractivity contribution in [1.82, 2.24) is 14.1 Å². The van der Waals surface area contributed by atoms with Crippen LogP contribution in [0, 0.1) is 0 Å². The van der Waals surface area contributed by atoms with Gasteiger partial charge >= 0.3 is 0 Å². The summed E-state index contributed by atoms with van der Waals surface area (Å²) < 4.78 is 25.8. The molecule has 2 aromatic rings. The predicted octanol–water partition coefficient (Wildman–Crippen LogP) is 1.96. The van der Waals surface area contributed by atoms with Gasteiger partial charge in [0.25, 0.3) is 5.91 Å². The molecule has 0 saturated carbocycles. The van der Waals surface area contributed by atoms with Gasteiger partial charge in [0.15, 0.2) is 0 Å². The highest BCUT2D eigenvalue weighted by atomic mass is 32.2. The van der Waals surface area contributed by atoms with E-state index in [1.165, 1.54) is 29.7 Å². The van der Waals surface area contributed by atoms with E-state index in [9.17, 15) is 13.2 Å². The standard InChI is InChI=1S/C18H23N3O3S2/c1-19(2)26(23,24)16-6-3-5-15(13-16)14-20-8-10-21(11-9-20)18(22)17-7-4-12-25-17/h3-7,12-13H,8-11,14H2,1-2H3. The second-order valence-corrected chi connectivity index (χ2v) is 9.58. The topological polar surface area (TPSA) is 60.9 Å². The molecule has 1 saturated heterocycles. The normalized spacial score (nSPS) is 16.2. The Kier molecular flexibility index (Phi) is 5.76. The van der Waals surface area contributed by atoms with E-state index in [1.54, 1.807) is 18.2 Å². The van der Waals surface area contributed by atoms with Gasteiger partial charge in [-0.05, 0) is 29.1 Å². The monoisotopic (exact) mass is 393 g/mol. The first-order valence-electron chi connectivity index (χ1n) is 8.44. The second-order valence-electron chi connectivity index (χ2n) is 6.48. The van der Waals surface area contributed by atoms with Gasteiger partial charge in [0, 0.05) is 46.8 Å². The van der Waals surface area contributed by atoms with Gasteiger partial charge in [-0.2, -0.15) is 0 Å². The van der Waals surface area contributed by atoms with Crippen molar-refractivity contribution < 1.29 is 13.2 Å². The maximum Gasteiger partial charge on any atom is 0.264 e. The van der Waals surface area contributed by atoms with Crippen LogP contribution in [0.15, 0.2) is 46.7 Å². The zero-order chi connectivity index (χ0) is 18.7. The fraction of sp³-hybridized carbons (Fsp3) is 0.389. The zero-order valence-corrected chi connectivity index (χ0v) is 16.6. The molecule has 0 bridgehead atoms. The van der Waals surface area contributed by atoms with Crippen LogP contribution in [0.2, 0.25) is 0 Å². The van der Waals surface area contributed by atoms with Crippen LogP contribution in [-0.4, -0.2) is 68.7 Å². The molecule has 1 fully saturated rings. The Morgan fingerprint density at radius 3 is 2.46 bits per heavy atom. The number of sulfonamides is 1. The zero-order valence-electron chi connectivity index (χ0n) is 15.0. The summed E-state index contributed by atoms with van der Waals surface area (Å²) in [6.07, 6.45) is 0. The lowest BCUT2D eigenvalue weighted by molar-refractivity contribution is 0.0633. The number of rotatable bonds is 5. The van der Waals surface area contributed by atoms with Crippen molar-refractivity contribution in [2.75, 3.05) is 40.3 Å². The van der Waals surface area contributed by atoms with Gasteiger partial charge in [-0.15, -0.1) is 11.3 Å². The third-order valence-electron chi connectivity index (χ3n) is 4.47. The van der Waals surface area contributed by atoms with Crippen LogP contribution in [0.25, 0.3) is 0 Å². The summed E-state index contributed by atoms with van der Waals surface area (Å²) in [5, 5.41) is 1.91. The van der Waals surface area contributed by atoms with Crippen molar-refractivity contribution >= 4 is 27.3 Å². The Morgan fingerprint density at radius 2 is 1.85 bits per heavy atom. The molecule has 0 unspecified atom stereocenters. The largest absolute Gasteiger partial charge is 0.335 e. The molecular formula is C18H23N3O3S2. The number of hydrogen-bond donors (Lipinski definition) is 0. The molecule has 0 atom stereocenters. The molecule has 26 heavy (non-hydrogen) atoms. The molecule has 140 valence electrons. The quantitative estimate of drug-likeness (QED) is 0.779. The van der Waals surface area contributed by atoms with Crippen LogP contribution < -0.4 is 0 Å². The minimum absolute atomic E-state index is 0.0960. The van der Waals surface area contributed by atoms with Gasteiger partial charge in [0.05, 0.1) is 9.77 Å². The van der Waals surface area contributed by atoms with Gasteiger partial charge in [0.1, 0.15) is 0 Å². The number of benzene rings is 1. The van der Waals surface area contributed by atoms with E-state index in [4.69, 9.17) is 0 Å². The fourth-order valence-electron chi connectivity index (χ4n) is 2.94. The van der Waals surface area contributed by atoms with E-state index >= 15 is 0 Å². The van der Waals surface area contributed by atoms with Crippen LogP contribution in [0.1, 0.15) is 15.2 Å². The molecule has 6 nitrogen and oxygen atoms in total. The number of amides is 1. The number of thiophene rings is 1. The molecule has 0 spiro atoms. The number of hydrogen-bond acceptors (Lipinski definition) is 5. The first-order chi connectivity index (χ1) is 12.4. The number of carbonyl (C=O) groups excluding carboxylic acids is 1. The number of carbonyl (C=O) groups is 1. The van der Waals surface area contributed by atoms with Crippen LogP contribution in [0.3, 0.4) is 0 Å². The summed E-state index contributed by atoms with van der Waals surface area (Å²) in [5.41, 5.74) is 0.964. The molecule has 8 heteroatoms. The Hall–Kier alpha value is -1.74. The van der Waals surface area contributed by atoms with Crippen LogP contribution in [-0.2, 0) is 16.6 Å². The molecule has 0 radical (unpaired) electrons. The number of piperazine rings is 1. The van der Waals surface area contributed by atoms with E-state index in [0.717, 1.165) is 23.5 Å². The van der Waals surface area contributed by atoms with Crippen LogP contribution in [0.5, 0.6) is 0 Å². The van der Waals surface area contributed by atoms with Crippen molar-refractivity contribution in [3.63, 3.8) is 0 Å². The summed E-state index contributed by atoms with van der Waals surface area (Å²) in [7, 11) is -0.355. The molecule has 2 heterocycles. The first kappa shape index (κ1) is 19.0. The maximum atomic E-state index is 12.4. The van der Waals surface area contributed by atoms with Crippen molar-refractivity contribution in [1.29, 1.82) is 0 Å². The highest BCUT2D eigenvalue weighted by Gasteiger charge is 2.23. The van der Waals surface area contributed by atoms with Gasteiger partial charge in [-0.3, -0.25) is 9.69 Å². The smallest absolute Gasteiger partial charge is 0.264 e. The SMILES string of the molecule is CN(C)S(=O)(=O)c1cccc(CN2CCN(C(=O)c3cccs3)CC2)c1. The summed E-state index contributed by atoms with van der Waals surface area (Å²) in [4.78, 5) is 17.6. The third-order valence-corrected chi connectivity index (χ3v) is 7.14. The Balaban J connectivity index is 1.61. The van der Waals surface area contributed by atoms with E-state index < -0.39 is 10.0 Å². The third kappa shape index (κ3) is 4.15. The van der Waals surface area contributed by atoms with Crippen molar-refractivity contribution in [2.24, 2.45) is 0 Å². The summed E-state index contributed by atoms with van der Waals surface area (Å²) in [6.45, 7) is 3.61. The van der Waals surface area contributed by atoms with Gasteiger partial charge in [0.2, 0.25) is 10.0 Å². The molecule has 1 aromatic heterocycles. The second kappa shape index (κ2) is 7.87. The van der Waals surface area contributed by atoms with Crippen molar-refractivity contribution in [2.45, 2.75) is 11.4 Å². The Bertz CT molecular complexity index is 856. The number of nitrogens with zero attached hydrogens (tertiary/aromatic N) is 3.